The van der Waals surface area contributed by atoms with Gasteiger partial charge in [-0.15, -0.1) is 0 Å². The van der Waals surface area contributed by atoms with E-state index < -0.39 is 41.1 Å². The summed E-state index contributed by atoms with van der Waals surface area (Å²) in [7, 11) is 0. The van der Waals surface area contributed by atoms with Gasteiger partial charge >= 0.3 is 17.8 Å². The first-order valence-corrected chi connectivity index (χ1v) is 8.24. The number of halogens is 2. The Kier molecular flexibility index (Phi) is 5.94. The number of ether oxygens (including phenoxy) is 2. The van der Waals surface area contributed by atoms with Crippen LogP contribution in [0.5, 0.6) is 0 Å². The van der Waals surface area contributed by atoms with Gasteiger partial charge in [-0.2, -0.15) is 0 Å². The number of nitrogens with zero attached hydrogens (tertiary/aromatic N) is 1. The van der Waals surface area contributed by atoms with Gasteiger partial charge in [-0.05, 0) is 51.8 Å². The zero-order chi connectivity index (χ0) is 19.5. The first-order chi connectivity index (χ1) is 12.1. The second-order valence-electron chi connectivity index (χ2n) is 7.02. The Morgan fingerprint density at radius 3 is 2.50 bits per heavy atom. The molecule has 1 aliphatic heterocycles. The lowest BCUT2D eigenvalue weighted by molar-refractivity contribution is -0.168. The van der Waals surface area contributed by atoms with Gasteiger partial charge in [0.15, 0.2) is 11.6 Å². The van der Waals surface area contributed by atoms with Crippen LogP contribution < -0.4 is 0 Å². The summed E-state index contributed by atoms with van der Waals surface area (Å²) < 4.78 is 36.3. The van der Waals surface area contributed by atoms with Crippen LogP contribution in [0, 0.1) is 11.6 Å². The Morgan fingerprint density at radius 2 is 1.88 bits per heavy atom. The van der Waals surface area contributed by atoms with E-state index in [-0.39, 0.29) is 12.2 Å². The number of amides is 1. The largest absolute Gasteiger partial charge is 0.460 e. The smallest absolute Gasteiger partial charge is 0.397 e. The van der Waals surface area contributed by atoms with Gasteiger partial charge in [-0.25, -0.2) is 18.4 Å². The second-order valence-corrected chi connectivity index (χ2v) is 7.02. The van der Waals surface area contributed by atoms with Gasteiger partial charge in [0.25, 0.3) is 0 Å². The summed E-state index contributed by atoms with van der Waals surface area (Å²) in [4.78, 5) is 37.4. The summed E-state index contributed by atoms with van der Waals surface area (Å²) in [6.45, 7) is 5.17. The SMILES string of the molecule is CC(C)(C)OC(=O)C(=O)N1CCCC1COC(=O)c1ccc(F)c(F)c1. The monoisotopic (exact) mass is 369 g/mol. The van der Waals surface area contributed by atoms with E-state index in [1.54, 1.807) is 20.8 Å². The molecule has 8 heteroatoms. The molecule has 6 nitrogen and oxygen atoms in total. The van der Waals surface area contributed by atoms with E-state index in [9.17, 15) is 23.2 Å². The third kappa shape index (κ3) is 5.00. The number of benzene rings is 1. The Labute approximate surface area is 150 Å². The van der Waals surface area contributed by atoms with Crippen LogP contribution in [0.4, 0.5) is 8.78 Å². The van der Waals surface area contributed by atoms with Crippen molar-refractivity contribution >= 4 is 17.8 Å². The molecule has 1 fully saturated rings. The fourth-order valence-corrected chi connectivity index (χ4v) is 2.59. The van der Waals surface area contributed by atoms with Gasteiger partial charge in [-0.1, -0.05) is 0 Å². The fourth-order valence-electron chi connectivity index (χ4n) is 2.59. The lowest BCUT2D eigenvalue weighted by Crippen LogP contribution is -2.44. The molecule has 0 aliphatic carbocycles. The quantitative estimate of drug-likeness (QED) is 0.605. The maximum Gasteiger partial charge on any atom is 0.397 e. The molecule has 0 spiro atoms. The first kappa shape index (κ1) is 19.8. The number of rotatable bonds is 3. The van der Waals surface area contributed by atoms with Crippen LogP contribution in [0.3, 0.4) is 0 Å². The molecule has 1 unspecified atom stereocenters. The van der Waals surface area contributed by atoms with E-state index in [1.165, 1.54) is 4.90 Å². The Bertz CT molecular complexity index is 714. The molecule has 0 N–H and O–H groups in total. The Balaban J connectivity index is 1.95. The molecule has 26 heavy (non-hydrogen) atoms. The molecule has 1 aromatic carbocycles. The van der Waals surface area contributed by atoms with Crippen molar-refractivity contribution in [3.63, 3.8) is 0 Å². The van der Waals surface area contributed by atoms with Crippen molar-refractivity contribution in [3.05, 3.63) is 35.4 Å². The molecule has 2 rings (SSSR count). The maximum atomic E-state index is 13.2. The minimum Gasteiger partial charge on any atom is -0.460 e. The van der Waals surface area contributed by atoms with Crippen LogP contribution in [-0.2, 0) is 19.1 Å². The standard InChI is InChI=1S/C18H21F2NO5/c1-18(2,3)26-17(24)15(22)21-8-4-5-12(21)10-25-16(23)11-6-7-13(19)14(20)9-11/h6-7,9,12H,4-5,8,10H2,1-3H3. The van der Waals surface area contributed by atoms with Gasteiger partial charge in [-0.3, -0.25) is 4.79 Å². The predicted molar refractivity (Wildman–Crippen MR) is 87.2 cm³/mol. The molecule has 142 valence electrons. The zero-order valence-electron chi connectivity index (χ0n) is 14.9. The van der Waals surface area contributed by atoms with Gasteiger partial charge in [0.2, 0.25) is 0 Å². The summed E-state index contributed by atoms with van der Waals surface area (Å²) in [5, 5.41) is 0. The highest BCUT2D eigenvalue weighted by Crippen LogP contribution is 2.20. The summed E-state index contributed by atoms with van der Waals surface area (Å²) in [5.41, 5.74) is -0.923. The van der Waals surface area contributed by atoms with E-state index in [1.807, 2.05) is 0 Å². The van der Waals surface area contributed by atoms with Crippen LogP contribution >= 0.6 is 0 Å². The van der Waals surface area contributed by atoms with Crippen LogP contribution in [0.15, 0.2) is 18.2 Å². The van der Waals surface area contributed by atoms with Crippen molar-refractivity contribution in [1.29, 1.82) is 0 Å². The average Bonchev–Trinajstić information content (AvgIpc) is 3.01. The number of carbonyl (C=O) groups excluding carboxylic acids is 3. The van der Waals surface area contributed by atoms with Crippen molar-refractivity contribution in [2.45, 2.75) is 45.3 Å². The third-order valence-electron chi connectivity index (χ3n) is 3.77. The minimum atomic E-state index is -1.15. The summed E-state index contributed by atoms with van der Waals surface area (Å²) in [6, 6.07) is 2.22. The van der Waals surface area contributed by atoms with Crippen molar-refractivity contribution < 1.29 is 32.6 Å². The third-order valence-corrected chi connectivity index (χ3v) is 3.77. The lowest BCUT2D eigenvalue weighted by Gasteiger charge is -2.25. The molecular weight excluding hydrogens is 348 g/mol. The normalized spacial score (nSPS) is 17.1. The molecule has 1 aromatic rings. The summed E-state index contributed by atoms with van der Waals surface area (Å²) in [6.07, 6.45) is 1.21. The maximum absolute atomic E-state index is 13.2. The highest BCUT2D eigenvalue weighted by Gasteiger charge is 2.35. The van der Waals surface area contributed by atoms with E-state index in [4.69, 9.17) is 9.47 Å². The topological polar surface area (TPSA) is 72.9 Å². The van der Waals surface area contributed by atoms with Crippen molar-refractivity contribution in [3.8, 4) is 0 Å². The summed E-state index contributed by atoms with van der Waals surface area (Å²) >= 11 is 0. The van der Waals surface area contributed by atoms with Crippen molar-refractivity contribution in [2.24, 2.45) is 0 Å². The highest BCUT2D eigenvalue weighted by molar-refractivity contribution is 6.32. The van der Waals surface area contributed by atoms with Crippen molar-refractivity contribution in [1.82, 2.24) is 4.90 Å². The lowest BCUT2D eigenvalue weighted by atomic mass is 10.2. The molecule has 1 heterocycles. The van der Waals surface area contributed by atoms with E-state index in [0.29, 0.717) is 19.4 Å². The minimum absolute atomic E-state index is 0.132. The zero-order valence-corrected chi connectivity index (χ0v) is 14.9. The summed E-state index contributed by atoms with van der Waals surface area (Å²) in [5.74, 6) is -4.79. The second kappa shape index (κ2) is 7.80. The van der Waals surface area contributed by atoms with Crippen LogP contribution in [-0.4, -0.2) is 47.5 Å². The first-order valence-electron chi connectivity index (χ1n) is 8.24. The molecule has 1 aliphatic rings. The van der Waals surface area contributed by atoms with Crippen LogP contribution in [0.2, 0.25) is 0 Å². The number of hydrogen-bond donors (Lipinski definition) is 0. The molecule has 0 radical (unpaired) electrons. The van der Waals surface area contributed by atoms with Crippen LogP contribution in [0.25, 0.3) is 0 Å². The number of esters is 2. The van der Waals surface area contributed by atoms with E-state index in [0.717, 1.165) is 18.2 Å². The predicted octanol–water partition coefficient (Wildman–Crippen LogP) is 2.45. The Morgan fingerprint density at radius 1 is 1.19 bits per heavy atom. The molecule has 0 saturated carbocycles. The fraction of sp³-hybridized carbons (Fsp3) is 0.500. The van der Waals surface area contributed by atoms with Crippen LogP contribution in [0.1, 0.15) is 44.0 Å². The molecule has 1 atom stereocenters. The molecule has 0 aromatic heterocycles. The van der Waals surface area contributed by atoms with E-state index >= 15 is 0 Å². The molecular formula is C18H21F2NO5. The highest BCUT2D eigenvalue weighted by atomic mass is 19.2. The van der Waals surface area contributed by atoms with Gasteiger partial charge in [0.1, 0.15) is 12.2 Å². The molecule has 0 bridgehead atoms. The van der Waals surface area contributed by atoms with Crippen molar-refractivity contribution in [2.75, 3.05) is 13.2 Å². The number of carbonyl (C=O) groups is 3. The molecule has 1 amide bonds. The average molecular weight is 369 g/mol. The molecule has 1 saturated heterocycles. The van der Waals surface area contributed by atoms with Gasteiger partial charge in [0, 0.05) is 6.54 Å². The van der Waals surface area contributed by atoms with Gasteiger partial charge in [0.05, 0.1) is 11.6 Å². The van der Waals surface area contributed by atoms with E-state index in [2.05, 4.69) is 0 Å². The van der Waals surface area contributed by atoms with Gasteiger partial charge < -0.3 is 14.4 Å². The number of likely N-dealkylation sites (tertiary alicyclic amines) is 1. The Hall–Kier alpha value is -2.51. The number of hydrogen-bond acceptors (Lipinski definition) is 5.